The number of anilines is 1. The summed E-state index contributed by atoms with van der Waals surface area (Å²) in [5.74, 6) is -0.315. The van der Waals surface area contributed by atoms with Crippen LogP contribution in [0.1, 0.15) is 30.6 Å². The Morgan fingerprint density at radius 2 is 1.68 bits per heavy atom. The van der Waals surface area contributed by atoms with Gasteiger partial charge in [0.2, 0.25) is 10.0 Å². The highest BCUT2D eigenvalue weighted by molar-refractivity contribution is 7.89. The minimum atomic E-state index is -3.57. The number of hydrazine groups is 1. The summed E-state index contributed by atoms with van der Waals surface area (Å²) in [6.07, 6.45) is 0.700. The molecule has 2 N–H and O–H groups in total. The minimum absolute atomic E-state index is 0.140. The summed E-state index contributed by atoms with van der Waals surface area (Å²) in [6.45, 7) is 3.71. The normalized spacial score (nSPS) is 12.4. The summed E-state index contributed by atoms with van der Waals surface area (Å²) >= 11 is 0. The Balaban J connectivity index is 2.08. The molecular weight excluding hydrogens is 338 g/mol. The highest BCUT2D eigenvalue weighted by atomic mass is 32.2. The molecule has 1 amide bonds. The smallest absolute Gasteiger partial charge is 0.269 e. The van der Waals surface area contributed by atoms with E-state index in [2.05, 4.69) is 10.1 Å². The van der Waals surface area contributed by atoms with Gasteiger partial charge in [-0.15, -0.1) is 0 Å². The Morgan fingerprint density at radius 3 is 2.24 bits per heavy atom. The minimum Gasteiger partial charge on any atom is -0.288 e. The quantitative estimate of drug-likeness (QED) is 0.743. The van der Waals surface area contributed by atoms with Crippen molar-refractivity contribution < 1.29 is 13.2 Å². The van der Waals surface area contributed by atoms with Gasteiger partial charge in [-0.2, -0.15) is 0 Å². The number of rotatable bonds is 7. The van der Waals surface area contributed by atoms with Gasteiger partial charge >= 0.3 is 0 Å². The van der Waals surface area contributed by atoms with Crippen molar-refractivity contribution in [1.29, 1.82) is 0 Å². The van der Waals surface area contributed by atoms with Crippen molar-refractivity contribution in [1.82, 2.24) is 10.1 Å². The molecule has 0 saturated heterocycles. The number of benzene rings is 2. The number of amides is 1. The van der Waals surface area contributed by atoms with Crippen LogP contribution in [0.4, 0.5) is 5.69 Å². The molecule has 134 valence electrons. The van der Waals surface area contributed by atoms with E-state index in [0.29, 0.717) is 12.0 Å². The third-order valence-corrected chi connectivity index (χ3v) is 5.41. The van der Waals surface area contributed by atoms with Gasteiger partial charge in [0.1, 0.15) is 0 Å². The van der Waals surface area contributed by atoms with Crippen molar-refractivity contribution in [3.63, 3.8) is 0 Å². The number of carbonyl (C=O) groups is 1. The molecule has 1 atom stereocenters. The molecule has 0 aromatic heterocycles. The SMILES string of the molecule is CCC(C)NS(=O)(=O)c1ccc(C(=O)NN(C)c2ccccc2)cc1. The van der Waals surface area contributed by atoms with Gasteiger partial charge < -0.3 is 0 Å². The topological polar surface area (TPSA) is 78.5 Å². The Morgan fingerprint density at radius 1 is 1.08 bits per heavy atom. The molecule has 2 rings (SSSR count). The van der Waals surface area contributed by atoms with Gasteiger partial charge in [0, 0.05) is 18.7 Å². The van der Waals surface area contributed by atoms with Crippen molar-refractivity contribution >= 4 is 21.6 Å². The van der Waals surface area contributed by atoms with Crippen molar-refractivity contribution in [3.05, 3.63) is 60.2 Å². The van der Waals surface area contributed by atoms with Crippen LogP contribution in [0.3, 0.4) is 0 Å². The summed E-state index contributed by atoms with van der Waals surface area (Å²) in [5, 5.41) is 1.61. The summed E-state index contributed by atoms with van der Waals surface area (Å²) in [4.78, 5) is 12.4. The van der Waals surface area contributed by atoms with Crippen LogP contribution < -0.4 is 15.2 Å². The summed E-state index contributed by atoms with van der Waals surface area (Å²) < 4.78 is 27.0. The van der Waals surface area contributed by atoms with Gasteiger partial charge in [0.15, 0.2) is 0 Å². The lowest BCUT2D eigenvalue weighted by Gasteiger charge is -2.20. The molecule has 0 radical (unpaired) electrons. The summed E-state index contributed by atoms with van der Waals surface area (Å²) in [6, 6.07) is 15.1. The first-order valence-electron chi connectivity index (χ1n) is 8.05. The van der Waals surface area contributed by atoms with Crippen LogP contribution in [0.2, 0.25) is 0 Å². The standard InChI is InChI=1S/C18H23N3O3S/c1-4-14(2)20-25(23,24)17-12-10-15(11-13-17)18(22)19-21(3)16-8-6-5-7-9-16/h5-14,20H,4H2,1-3H3,(H,19,22). The van der Waals surface area contributed by atoms with Crippen LogP contribution in [0.15, 0.2) is 59.5 Å². The van der Waals surface area contributed by atoms with Crippen LogP contribution in [-0.2, 0) is 10.0 Å². The van der Waals surface area contributed by atoms with Crippen LogP contribution in [0.25, 0.3) is 0 Å². The number of para-hydroxylation sites is 1. The van der Waals surface area contributed by atoms with E-state index in [4.69, 9.17) is 0 Å². The molecule has 25 heavy (non-hydrogen) atoms. The van der Waals surface area contributed by atoms with Gasteiger partial charge in [-0.3, -0.25) is 15.2 Å². The van der Waals surface area contributed by atoms with Crippen LogP contribution in [-0.4, -0.2) is 27.4 Å². The lowest BCUT2D eigenvalue weighted by atomic mass is 10.2. The number of nitrogens with zero attached hydrogens (tertiary/aromatic N) is 1. The molecule has 7 heteroatoms. The number of nitrogens with one attached hydrogen (secondary N) is 2. The molecule has 0 spiro atoms. The lowest BCUT2D eigenvalue weighted by Crippen LogP contribution is -2.39. The van der Waals surface area contributed by atoms with Crippen LogP contribution in [0.5, 0.6) is 0 Å². The number of hydrogen-bond acceptors (Lipinski definition) is 4. The number of carbonyl (C=O) groups excluding carboxylic acids is 1. The predicted octanol–water partition coefficient (Wildman–Crippen LogP) is 2.54. The zero-order valence-corrected chi connectivity index (χ0v) is 15.4. The molecule has 0 bridgehead atoms. The van der Waals surface area contributed by atoms with Crippen molar-refractivity contribution in [2.75, 3.05) is 12.1 Å². The first kappa shape index (κ1) is 19.0. The second kappa shape index (κ2) is 8.13. The lowest BCUT2D eigenvalue weighted by molar-refractivity contribution is 0.0951. The Hall–Kier alpha value is -2.38. The third-order valence-electron chi connectivity index (χ3n) is 3.81. The average Bonchev–Trinajstić information content (AvgIpc) is 2.62. The fourth-order valence-corrected chi connectivity index (χ4v) is 3.46. The van der Waals surface area contributed by atoms with E-state index in [0.717, 1.165) is 5.69 Å². The highest BCUT2D eigenvalue weighted by Gasteiger charge is 2.17. The molecule has 0 fully saturated rings. The first-order valence-corrected chi connectivity index (χ1v) is 9.54. The maximum atomic E-state index is 12.3. The van der Waals surface area contributed by atoms with Gasteiger partial charge in [-0.25, -0.2) is 13.1 Å². The van der Waals surface area contributed by atoms with E-state index < -0.39 is 10.0 Å². The average molecular weight is 361 g/mol. The molecule has 2 aromatic rings. The summed E-state index contributed by atoms with van der Waals surface area (Å²) in [7, 11) is -1.83. The monoisotopic (exact) mass is 361 g/mol. The molecule has 1 unspecified atom stereocenters. The van der Waals surface area contributed by atoms with E-state index in [1.807, 2.05) is 37.3 Å². The number of hydrogen-bond donors (Lipinski definition) is 2. The molecule has 6 nitrogen and oxygen atoms in total. The molecule has 2 aromatic carbocycles. The highest BCUT2D eigenvalue weighted by Crippen LogP contribution is 2.13. The van der Waals surface area contributed by atoms with Gasteiger partial charge in [0.05, 0.1) is 10.6 Å². The van der Waals surface area contributed by atoms with E-state index >= 15 is 0 Å². The second-order valence-electron chi connectivity index (χ2n) is 5.79. The fraction of sp³-hybridized carbons (Fsp3) is 0.278. The van der Waals surface area contributed by atoms with Crippen LogP contribution in [0, 0.1) is 0 Å². The van der Waals surface area contributed by atoms with Crippen molar-refractivity contribution in [2.45, 2.75) is 31.2 Å². The van der Waals surface area contributed by atoms with E-state index in [9.17, 15) is 13.2 Å². The predicted molar refractivity (Wildman–Crippen MR) is 98.8 cm³/mol. The fourth-order valence-electron chi connectivity index (χ4n) is 2.13. The van der Waals surface area contributed by atoms with Crippen LogP contribution >= 0.6 is 0 Å². The van der Waals surface area contributed by atoms with Gasteiger partial charge in [0.25, 0.3) is 5.91 Å². The van der Waals surface area contributed by atoms with E-state index in [1.54, 1.807) is 19.0 Å². The molecule has 0 aliphatic rings. The Kier molecular flexibility index (Phi) is 6.17. The van der Waals surface area contributed by atoms with Crippen molar-refractivity contribution in [3.8, 4) is 0 Å². The summed E-state index contributed by atoms with van der Waals surface area (Å²) in [5.41, 5.74) is 3.96. The molecule has 0 aliphatic carbocycles. The zero-order valence-electron chi connectivity index (χ0n) is 14.6. The Labute approximate surface area is 148 Å². The third kappa shape index (κ3) is 5.04. The number of sulfonamides is 1. The van der Waals surface area contributed by atoms with Crippen molar-refractivity contribution in [2.24, 2.45) is 0 Å². The van der Waals surface area contributed by atoms with E-state index in [1.165, 1.54) is 24.3 Å². The first-order chi connectivity index (χ1) is 11.8. The van der Waals surface area contributed by atoms with E-state index in [-0.39, 0.29) is 16.8 Å². The molecule has 0 heterocycles. The van der Waals surface area contributed by atoms with Gasteiger partial charge in [-0.1, -0.05) is 25.1 Å². The maximum absolute atomic E-state index is 12.3. The molecule has 0 saturated carbocycles. The van der Waals surface area contributed by atoms with Gasteiger partial charge in [-0.05, 0) is 49.7 Å². The Bertz CT molecular complexity index is 805. The zero-order chi connectivity index (χ0) is 18.4. The molecule has 0 aliphatic heterocycles. The largest absolute Gasteiger partial charge is 0.288 e. The maximum Gasteiger partial charge on any atom is 0.269 e. The second-order valence-corrected chi connectivity index (χ2v) is 7.50. The molecular formula is C18H23N3O3S.